The van der Waals surface area contributed by atoms with Crippen molar-refractivity contribution in [3.05, 3.63) is 70.3 Å². The monoisotopic (exact) mass is 784 g/mol. The highest BCUT2D eigenvalue weighted by molar-refractivity contribution is 6.35. The Morgan fingerprint density at radius 3 is 2.56 bits per heavy atom. The third-order valence-electron chi connectivity index (χ3n) is 10.7. The van der Waals surface area contributed by atoms with Gasteiger partial charge in [-0.25, -0.2) is 9.59 Å². The predicted octanol–water partition coefficient (Wildman–Crippen LogP) is 4.12. The third kappa shape index (κ3) is 8.54. The van der Waals surface area contributed by atoms with Gasteiger partial charge in [-0.3, -0.25) is 14.9 Å². The van der Waals surface area contributed by atoms with Crippen LogP contribution in [0, 0.1) is 5.92 Å². The molecule has 0 saturated carbocycles. The molecule has 0 unspecified atom stereocenters. The molecule has 15 nitrogen and oxygen atoms in total. The van der Waals surface area contributed by atoms with E-state index in [4.69, 9.17) is 41.0 Å². The number of aliphatic hydroxyl groups is 1. The molecule has 0 spiro atoms. The normalized spacial score (nSPS) is 30.4. The van der Waals surface area contributed by atoms with E-state index in [0.29, 0.717) is 17.9 Å². The quantitative estimate of drug-likeness (QED) is 0.142. The molecule has 0 aromatic heterocycles. The molecule has 3 aliphatic heterocycles. The summed E-state index contributed by atoms with van der Waals surface area (Å²) in [6.45, 7) is 6.83. The van der Waals surface area contributed by atoms with Gasteiger partial charge in [0, 0.05) is 39.1 Å². The molecule has 2 saturated heterocycles. The smallest absolute Gasteiger partial charge is 0.409 e. The van der Waals surface area contributed by atoms with E-state index in [2.05, 4.69) is 5.32 Å². The van der Waals surface area contributed by atoms with Gasteiger partial charge in [-0.05, 0) is 63.1 Å². The molecule has 16 heteroatoms. The minimum absolute atomic E-state index is 0.0811. The number of phenols is 1. The molecule has 2 fully saturated rings. The molecule has 5 N–H and O–H groups in total. The number of nitrogens with two attached hydrogens (primary N) is 1. The summed E-state index contributed by atoms with van der Waals surface area (Å²) in [4.78, 5) is 56.7. The number of aromatic hydroxyl groups is 1. The van der Waals surface area contributed by atoms with Gasteiger partial charge in [0.05, 0.1) is 31.0 Å². The number of carbonyl (C=O) groups is 4. The lowest BCUT2D eigenvalue weighted by molar-refractivity contribution is -0.158. The standard InChI is InChI=1S/C39H49ClN4O11/c1-20-10-9-11-30(52-8)39(50)19-29(53-37(49)42-39)21(2)34-38(4,55-34)31(18-32(46)44(6)26-15-23(14-20)16-28(51-7)33(26)40)54-36(48)22(3)43(5)35(47)24-12-13-25(41)27(45)17-24/h9-13,15-17,21-22,29-31,34,45,50H,14,18-19,41H2,1-8H3,(H,42,49)/b11-9+,20-10+/t21-,22+,29+,30-,31+,34+,38+,39+/m1/s1. The molecule has 2 aromatic rings. The first-order chi connectivity index (χ1) is 25.8. The SMILES string of the molecule is COc1cc2cc(c1Cl)N(C)C(=O)C[C@H](OC(=O)[C@H](C)N(C)C(=O)c1ccc(N)c(O)c1)[C@]1(C)O[C@H]1[C@H](C)[C@@H]1C[C@@](O)(NC(=O)O1)[C@H](OC)/C=C/C=C(\C)C2. The molecule has 0 aliphatic carbocycles. The molecule has 5 rings (SSSR count). The van der Waals surface area contributed by atoms with E-state index in [-0.39, 0.29) is 34.9 Å². The Kier molecular flexibility index (Phi) is 12.1. The van der Waals surface area contributed by atoms with Crippen molar-refractivity contribution in [3.63, 3.8) is 0 Å². The van der Waals surface area contributed by atoms with Gasteiger partial charge in [-0.2, -0.15) is 0 Å². The van der Waals surface area contributed by atoms with Crippen LogP contribution < -0.4 is 20.7 Å². The molecule has 0 radical (unpaired) electrons. The van der Waals surface area contributed by atoms with Crippen LogP contribution in [0.4, 0.5) is 16.2 Å². The van der Waals surface area contributed by atoms with Crippen LogP contribution in [0.5, 0.6) is 11.5 Å². The maximum Gasteiger partial charge on any atom is 0.409 e. The van der Waals surface area contributed by atoms with E-state index in [0.717, 1.165) is 16.0 Å². The van der Waals surface area contributed by atoms with Gasteiger partial charge < -0.3 is 49.4 Å². The number of likely N-dealkylation sites (N-methyl/N-ethyl adjacent to an activating group) is 1. The maximum atomic E-state index is 14.2. The van der Waals surface area contributed by atoms with Gasteiger partial charge in [0.2, 0.25) is 5.91 Å². The Bertz CT molecular complexity index is 1900. The van der Waals surface area contributed by atoms with Gasteiger partial charge in [-0.1, -0.05) is 42.3 Å². The number of epoxide rings is 1. The number of halogens is 1. The fraction of sp³-hybridized carbons (Fsp3) is 0.487. The molecule has 4 bridgehead atoms. The van der Waals surface area contributed by atoms with E-state index in [1.807, 2.05) is 13.0 Å². The zero-order chi connectivity index (χ0) is 40.6. The van der Waals surface area contributed by atoms with Crippen LogP contribution in [0.3, 0.4) is 0 Å². The number of amides is 3. The number of nitrogens with zero attached hydrogens (tertiary/aromatic N) is 2. The van der Waals surface area contributed by atoms with Crippen LogP contribution in [-0.4, -0.2) is 109 Å². The summed E-state index contributed by atoms with van der Waals surface area (Å²) in [5, 5.41) is 24.5. The van der Waals surface area contributed by atoms with Crippen LogP contribution in [0.25, 0.3) is 0 Å². The number of esters is 1. The van der Waals surface area contributed by atoms with Crippen molar-refractivity contribution in [2.45, 2.75) is 88.7 Å². The van der Waals surface area contributed by atoms with Gasteiger partial charge in [0.25, 0.3) is 5.91 Å². The van der Waals surface area contributed by atoms with Crippen LogP contribution in [-0.2, 0) is 35.0 Å². The van der Waals surface area contributed by atoms with Crippen LogP contribution in [0.1, 0.15) is 56.5 Å². The molecule has 3 amide bonds. The van der Waals surface area contributed by atoms with Crippen molar-refractivity contribution in [3.8, 4) is 11.5 Å². The Balaban J connectivity index is 1.52. The Labute approximate surface area is 324 Å². The van der Waals surface area contributed by atoms with E-state index >= 15 is 0 Å². The second-order valence-corrected chi connectivity index (χ2v) is 15.0. The molecule has 298 valence electrons. The highest BCUT2D eigenvalue weighted by Gasteiger charge is 2.64. The number of nitrogen functional groups attached to an aromatic ring is 1. The van der Waals surface area contributed by atoms with Gasteiger partial charge in [0.1, 0.15) is 46.5 Å². The van der Waals surface area contributed by atoms with Crippen molar-refractivity contribution in [1.29, 1.82) is 0 Å². The lowest BCUT2D eigenvalue weighted by Gasteiger charge is -2.42. The number of nitrogens with one attached hydrogen (secondary N) is 1. The zero-order valence-corrected chi connectivity index (χ0v) is 32.9. The highest BCUT2D eigenvalue weighted by Crippen LogP contribution is 2.49. The van der Waals surface area contributed by atoms with Crippen molar-refractivity contribution in [2.75, 3.05) is 38.9 Å². The summed E-state index contributed by atoms with van der Waals surface area (Å²) in [6.07, 6.45) is 0.563. The van der Waals surface area contributed by atoms with Crippen molar-refractivity contribution >= 4 is 46.9 Å². The summed E-state index contributed by atoms with van der Waals surface area (Å²) in [6, 6.07) is 6.39. The summed E-state index contributed by atoms with van der Waals surface area (Å²) in [5.41, 5.74) is 4.78. The number of rotatable bonds is 6. The summed E-state index contributed by atoms with van der Waals surface area (Å²) in [7, 11) is 5.84. The molecule has 3 heterocycles. The predicted molar refractivity (Wildman–Crippen MR) is 203 cm³/mol. The van der Waals surface area contributed by atoms with Crippen molar-refractivity contribution in [2.24, 2.45) is 5.92 Å². The number of fused-ring (bicyclic) bond motifs is 5. The van der Waals surface area contributed by atoms with Crippen molar-refractivity contribution < 1.29 is 53.1 Å². The van der Waals surface area contributed by atoms with Gasteiger partial charge in [0.15, 0.2) is 5.72 Å². The fourth-order valence-corrected chi connectivity index (χ4v) is 7.37. The second-order valence-electron chi connectivity index (χ2n) is 14.6. The number of carbonyl (C=O) groups excluding carboxylic acids is 4. The third-order valence-corrected chi connectivity index (χ3v) is 11.1. The fourth-order valence-electron chi connectivity index (χ4n) is 7.06. The second kappa shape index (κ2) is 16.1. The molecule has 3 aliphatic rings. The minimum atomic E-state index is -1.85. The number of allylic oxidation sites excluding steroid dienone is 3. The van der Waals surface area contributed by atoms with Gasteiger partial charge in [-0.15, -0.1) is 0 Å². The molecule has 8 atom stereocenters. The largest absolute Gasteiger partial charge is 0.506 e. The van der Waals surface area contributed by atoms with Crippen LogP contribution >= 0.6 is 11.6 Å². The lowest BCUT2D eigenvalue weighted by Crippen LogP contribution is -2.63. The Morgan fingerprint density at radius 2 is 1.91 bits per heavy atom. The van der Waals surface area contributed by atoms with Gasteiger partial charge >= 0.3 is 12.1 Å². The number of anilines is 2. The summed E-state index contributed by atoms with van der Waals surface area (Å²) < 4.78 is 29.2. The number of phenolic OH excluding ortho intramolecular Hbond substituents is 1. The number of alkyl carbamates (subject to hydrolysis) is 1. The number of hydrogen-bond acceptors (Lipinski definition) is 12. The van der Waals surface area contributed by atoms with Crippen LogP contribution in [0.2, 0.25) is 5.02 Å². The first-order valence-corrected chi connectivity index (χ1v) is 18.2. The Hall–Kier alpha value is -4.83. The molecular weight excluding hydrogens is 736 g/mol. The molecule has 55 heavy (non-hydrogen) atoms. The number of benzene rings is 2. The summed E-state index contributed by atoms with van der Waals surface area (Å²) in [5.74, 6) is -2.41. The number of methoxy groups -OCH3 is 2. The average molecular weight is 785 g/mol. The number of hydrogen-bond donors (Lipinski definition) is 4. The summed E-state index contributed by atoms with van der Waals surface area (Å²) >= 11 is 6.76. The topological polar surface area (TPSA) is 203 Å². The van der Waals surface area contributed by atoms with Crippen molar-refractivity contribution in [1.82, 2.24) is 10.2 Å². The molecule has 2 aromatic carbocycles. The maximum absolute atomic E-state index is 14.2. The van der Waals surface area contributed by atoms with E-state index in [1.54, 1.807) is 45.2 Å². The zero-order valence-electron chi connectivity index (χ0n) is 32.1. The van der Waals surface area contributed by atoms with E-state index < -0.39 is 71.6 Å². The minimum Gasteiger partial charge on any atom is -0.506 e. The number of ether oxygens (including phenoxy) is 5. The first kappa shape index (κ1) is 41.3. The van der Waals surface area contributed by atoms with Crippen LogP contribution in [0.15, 0.2) is 54.1 Å². The Morgan fingerprint density at radius 1 is 1.20 bits per heavy atom. The highest BCUT2D eigenvalue weighted by atomic mass is 35.5. The van der Waals surface area contributed by atoms with E-state index in [1.165, 1.54) is 51.3 Å². The average Bonchev–Trinajstić information content (AvgIpc) is 3.84. The molecular formula is C39H49ClN4O11. The lowest BCUT2D eigenvalue weighted by atomic mass is 9.83. The first-order valence-electron chi connectivity index (χ1n) is 17.8. The van der Waals surface area contributed by atoms with E-state index in [9.17, 15) is 29.4 Å².